The maximum atomic E-state index is 14.7. The predicted octanol–water partition coefficient (Wildman–Crippen LogP) is 4.89. The Morgan fingerprint density at radius 3 is 2.67 bits per heavy atom. The molecule has 0 radical (unpaired) electrons. The van der Waals surface area contributed by atoms with Crippen molar-refractivity contribution in [3.8, 4) is 0 Å². The van der Waals surface area contributed by atoms with Gasteiger partial charge in [-0.15, -0.1) is 0 Å². The second-order valence-corrected chi connectivity index (χ2v) is 8.90. The summed E-state index contributed by atoms with van der Waals surface area (Å²) in [5.74, 6) is -2.30. The van der Waals surface area contributed by atoms with Gasteiger partial charge in [-0.3, -0.25) is 4.79 Å². The Morgan fingerprint density at radius 2 is 1.97 bits per heavy atom. The van der Waals surface area contributed by atoms with Gasteiger partial charge >= 0.3 is 6.18 Å². The van der Waals surface area contributed by atoms with E-state index in [0.717, 1.165) is 11.8 Å². The minimum absolute atomic E-state index is 0.000357. The molecule has 0 bridgehead atoms. The lowest BCUT2D eigenvalue weighted by Gasteiger charge is -2.37. The Morgan fingerprint density at radius 1 is 1.23 bits per heavy atom. The number of hydrogen-bond donors (Lipinski definition) is 1. The maximum Gasteiger partial charge on any atom is 0.415 e. The van der Waals surface area contributed by atoms with Crippen molar-refractivity contribution in [3.63, 3.8) is 0 Å². The number of halogens is 5. The van der Waals surface area contributed by atoms with Crippen molar-refractivity contribution >= 4 is 38.8 Å². The molecule has 4 nitrogen and oxygen atoms in total. The number of hydrogen-bond acceptors (Lipinski definition) is 4. The number of ether oxygens (including phenoxy) is 1. The first-order chi connectivity index (χ1) is 14.2. The molecule has 3 atom stereocenters. The molecular formula is C20H15BrF4N2O2S. The molecule has 0 unspecified atom stereocenters. The molecule has 1 N–H and O–H groups in total. The van der Waals surface area contributed by atoms with Gasteiger partial charge in [0.2, 0.25) is 0 Å². The van der Waals surface area contributed by atoms with Gasteiger partial charge in [0.1, 0.15) is 11.4 Å². The molecule has 1 saturated heterocycles. The second-order valence-electron chi connectivity index (χ2n) is 6.98. The van der Waals surface area contributed by atoms with Crippen LogP contribution >= 0.6 is 27.7 Å². The first-order valence-corrected chi connectivity index (χ1v) is 10.7. The molecule has 158 valence electrons. The molecule has 30 heavy (non-hydrogen) atoms. The third-order valence-corrected chi connectivity index (χ3v) is 6.62. The van der Waals surface area contributed by atoms with Crippen LogP contribution in [-0.2, 0) is 10.3 Å². The quantitative estimate of drug-likeness (QED) is 0.594. The molecule has 2 aliphatic heterocycles. The molecule has 0 aromatic heterocycles. The van der Waals surface area contributed by atoms with Gasteiger partial charge in [0.05, 0.1) is 6.61 Å². The standard InChI is InChI=1S/C20H15BrF4N2O2S/c21-12-6-7-15(22)13(8-12)19-10-29-16(20(23,24)25)14(19)9-30-18(27-19)26-17(28)11-4-2-1-3-5-11/h1-8,14,16H,9-10H2,(H,26,27,28)/t14-,16+,19-/m1/s1. The molecule has 2 aliphatic rings. The van der Waals surface area contributed by atoms with E-state index in [1.165, 1.54) is 18.2 Å². The number of alkyl halides is 3. The van der Waals surface area contributed by atoms with Crippen LogP contribution in [0.5, 0.6) is 0 Å². The van der Waals surface area contributed by atoms with Crippen LogP contribution in [0, 0.1) is 11.7 Å². The van der Waals surface area contributed by atoms with Crippen LogP contribution in [0.4, 0.5) is 17.6 Å². The van der Waals surface area contributed by atoms with E-state index in [-0.39, 0.29) is 16.5 Å². The molecule has 2 aromatic rings. The van der Waals surface area contributed by atoms with Gasteiger partial charge in [-0.05, 0) is 30.3 Å². The summed E-state index contributed by atoms with van der Waals surface area (Å²) in [5.41, 5.74) is -1.22. The van der Waals surface area contributed by atoms with Crippen LogP contribution in [0.25, 0.3) is 0 Å². The summed E-state index contributed by atoms with van der Waals surface area (Å²) in [6.45, 7) is -0.444. The fourth-order valence-corrected chi connectivity index (χ4v) is 5.27. The number of carbonyl (C=O) groups excluding carboxylic acids is 1. The summed E-state index contributed by atoms with van der Waals surface area (Å²) >= 11 is 4.23. The van der Waals surface area contributed by atoms with Crippen molar-refractivity contribution in [1.82, 2.24) is 5.32 Å². The van der Waals surface area contributed by atoms with Gasteiger partial charge in [-0.25, -0.2) is 9.38 Å². The third kappa shape index (κ3) is 3.88. The number of fused-ring (bicyclic) bond motifs is 1. The van der Waals surface area contributed by atoms with E-state index < -0.39 is 42.1 Å². The number of rotatable bonds is 2. The molecular weight excluding hydrogens is 488 g/mol. The van der Waals surface area contributed by atoms with E-state index in [1.807, 2.05) is 0 Å². The molecule has 1 amide bonds. The predicted molar refractivity (Wildman–Crippen MR) is 109 cm³/mol. The fraction of sp³-hybridized carbons (Fsp3) is 0.300. The zero-order valence-corrected chi connectivity index (χ0v) is 17.7. The van der Waals surface area contributed by atoms with Gasteiger partial charge in [0.15, 0.2) is 11.3 Å². The number of thioether (sulfide) groups is 1. The molecule has 10 heteroatoms. The number of amides is 1. The normalized spacial score (nSPS) is 26.1. The molecule has 4 rings (SSSR count). The Kier molecular flexibility index (Phi) is 5.67. The molecule has 0 spiro atoms. The Hall–Kier alpha value is -1.91. The SMILES string of the molecule is O=C(NC1=N[C@@]2(c3cc(Br)ccc3F)CO[C@H](C(F)(F)F)[C@H]2CS1)c1ccccc1. The van der Waals surface area contributed by atoms with Crippen LogP contribution in [0.3, 0.4) is 0 Å². The third-order valence-electron chi connectivity index (χ3n) is 5.14. The summed E-state index contributed by atoms with van der Waals surface area (Å²) in [6.07, 6.45) is -6.69. The van der Waals surface area contributed by atoms with E-state index in [1.54, 1.807) is 30.3 Å². The van der Waals surface area contributed by atoms with E-state index in [4.69, 9.17) is 4.74 Å². The van der Waals surface area contributed by atoms with Gasteiger partial charge in [-0.1, -0.05) is 45.9 Å². The van der Waals surface area contributed by atoms with Crippen LogP contribution in [0.1, 0.15) is 15.9 Å². The Balaban J connectivity index is 1.75. The summed E-state index contributed by atoms with van der Waals surface area (Å²) in [7, 11) is 0. The van der Waals surface area contributed by atoms with Crippen LogP contribution in [-0.4, -0.2) is 35.7 Å². The van der Waals surface area contributed by atoms with E-state index >= 15 is 0 Å². The highest BCUT2D eigenvalue weighted by Gasteiger charge is 2.62. The highest BCUT2D eigenvalue weighted by molar-refractivity contribution is 9.10. The lowest BCUT2D eigenvalue weighted by atomic mass is 9.78. The summed E-state index contributed by atoms with van der Waals surface area (Å²) in [6, 6.07) is 12.4. The number of carbonyl (C=O) groups is 1. The van der Waals surface area contributed by atoms with Crippen molar-refractivity contribution in [2.45, 2.75) is 17.8 Å². The summed E-state index contributed by atoms with van der Waals surface area (Å²) in [5, 5.41) is 2.76. The zero-order valence-electron chi connectivity index (χ0n) is 15.2. The van der Waals surface area contributed by atoms with E-state index in [9.17, 15) is 22.4 Å². The van der Waals surface area contributed by atoms with Crippen LogP contribution in [0.2, 0.25) is 0 Å². The molecule has 0 aliphatic carbocycles. The second kappa shape index (κ2) is 7.97. The summed E-state index contributed by atoms with van der Waals surface area (Å²) < 4.78 is 61.1. The fourth-order valence-electron chi connectivity index (χ4n) is 3.73. The Labute approximate surface area is 182 Å². The largest absolute Gasteiger partial charge is 0.415 e. The van der Waals surface area contributed by atoms with Crippen molar-refractivity contribution in [2.24, 2.45) is 10.9 Å². The first kappa shape index (κ1) is 21.3. The minimum atomic E-state index is -4.62. The molecule has 2 heterocycles. The van der Waals surface area contributed by atoms with Gasteiger partial charge in [-0.2, -0.15) is 13.2 Å². The number of nitrogens with one attached hydrogen (secondary N) is 1. The zero-order chi connectivity index (χ0) is 21.5. The summed E-state index contributed by atoms with van der Waals surface area (Å²) in [4.78, 5) is 16.9. The van der Waals surface area contributed by atoms with Crippen LogP contribution < -0.4 is 5.32 Å². The van der Waals surface area contributed by atoms with Crippen LogP contribution in [0.15, 0.2) is 58.0 Å². The topological polar surface area (TPSA) is 50.7 Å². The average molecular weight is 503 g/mol. The van der Waals surface area contributed by atoms with Crippen molar-refractivity contribution in [2.75, 3.05) is 12.4 Å². The average Bonchev–Trinajstić information content (AvgIpc) is 3.10. The van der Waals surface area contributed by atoms with E-state index in [0.29, 0.717) is 10.0 Å². The number of aliphatic imine (C=N–C) groups is 1. The van der Waals surface area contributed by atoms with Crippen molar-refractivity contribution in [1.29, 1.82) is 0 Å². The van der Waals surface area contributed by atoms with Gasteiger partial charge < -0.3 is 10.1 Å². The molecule has 2 aromatic carbocycles. The number of nitrogens with zero attached hydrogens (tertiary/aromatic N) is 1. The molecule has 1 fully saturated rings. The highest BCUT2D eigenvalue weighted by atomic mass is 79.9. The maximum absolute atomic E-state index is 14.7. The monoisotopic (exact) mass is 502 g/mol. The first-order valence-electron chi connectivity index (χ1n) is 8.93. The molecule has 0 saturated carbocycles. The smallest absolute Gasteiger partial charge is 0.365 e. The lowest BCUT2D eigenvalue weighted by Crippen LogP contribution is -2.47. The minimum Gasteiger partial charge on any atom is -0.365 e. The van der Waals surface area contributed by atoms with Crippen molar-refractivity contribution in [3.05, 3.63) is 69.9 Å². The number of amidine groups is 1. The Bertz CT molecular complexity index is 1000. The van der Waals surface area contributed by atoms with E-state index in [2.05, 4.69) is 26.2 Å². The van der Waals surface area contributed by atoms with Gasteiger partial charge in [0.25, 0.3) is 5.91 Å². The van der Waals surface area contributed by atoms with Gasteiger partial charge in [0, 0.05) is 27.3 Å². The lowest BCUT2D eigenvalue weighted by molar-refractivity contribution is -0.215. The van der Waals surface area contributed by atoms with Crippen molar-refractivity contribution < 1.29 is 27.1 Å². The highest BCUT2D eigenvalue weighted by Crippen LogP contribution is 2.52. The number of benzene rings is 2.